The molecule has 2 aromatic rings. The minimum absolute atomic E-state index is 0.108. The van der Waals surface area contributed by atoms with E-state index < -0.39 is 24.4 Å². The van der Waals surface area contributed by atoms with Gasteiger partial charge in [-0.15, -0.1) is 0 Å². The van der Waals surface area contributed by atoms with E-state index in [2.05, 4.69) is 9.19 Å². The number of aromatic hydroxyl groups is 1. The number of carbonyl (C=O) groups excluding carboxylic acids is 1. The van der Waals surface area contributed by atoms with Crippen LogP contribution in [0.3, 0.4) is 0 Å². The van der Waals surface area contributed by atoms with Crippen molar-refractivity contribution in [2.45, 2.75) is 17.7 Å². The summed E-state index contributed by atoms with van der Waals surface area (Å²) >= 11 is -5.02. The van der Waals surface area contributed by atoms with Crippen LogP contribution in [-0.2, 0) is 12.4 Å². The van der Waals surface area contributed by atoms with Gasteiger partial charge in [-0.1, -0.05) is 30.3 Å². The van der Waals surface area contributed by atoms with E-state index in [0.29, 0.717) is 5.75 Å². The molecular formula is C18H20AsNO6. The normalized spacial score (nSPS) is 20.7. The zero-order valence-corrected chi connectivity index (χ0v) is 15.9. The molecule has 2 atom stereocenters. The summed E-state index contributed by atoms with van der Waals surface area (Å²) in [6, 6.07) is 13.3. The summed E-state index contributed by atoms with van der Waals surface area (Å²) in [5.74, 6) is -0.147. The molecule has 3 rings (SSSR count). The summed E-state index contributed by atoms with van der Waals surface area (Å²) in [5, 5.41) is 22.1. The van der Waals surface area contributed by atoms with E-state index in [1.165, 1.54) is 19.1 Å². The van der Waals surface area contributed by atoms with Crippen LogP contribution >= 0.6 is 0 Å². The van der Waals surface area contributed by atoms with Crippen molar-refractivity contribution >= 4 is 30.9 Å². The molecule has 4 N–H and O–H groups in total. The van der Waals surface area contributed by atoms with Crippen molar-refractivity contribution in [3.8, 4) is 5.75 Å². The SMILES string of the molecule is CC(=O)NC1([As](=O)(O)OO)C=CC=CC1.Oc1ccc2ccccc2c1. The first-order chi connectivity index (χ1) is 12.3. The molecule has 26 heavy (non-hydrogen) atoms. The number of phenolic OH excluding ortho intramolecular Hbond substituents is 1. The van der Waals surface area contributed by atoms with Crippen molar-refractivity contribution in [3.05, 3.63) is 66.8 Å². The number of nitrogens with one attached hydrogen (secondary N) is 1. The van der Waals surface area contributed by atoms with E-state index in [9.17, 15) is 12.6 Å². The van der Waals surface area contributed by atoms with Gasteiger partial charge in [-0.25, -0.2) is 0 Å². The smallest absolute Gasteiger partial charge is 0.116 e. The molecule has 0 aliphatic heterocycles. The molecule has 0 saturated carbocycles. The third-order valence-corrected chi connectivity index (χ3v) is 7.30. The molecule has 1 aliphatic rings. The van der Waals surface area contributed by atoms with Crippen LogP contribution in [0.25, 0.3) is 10.8 Å². The molecule has 1 amide bonds. The first-order valence-electron chi connectivity index (χ1n) is 7.76. The van der Waals surface area contributed by atoms with Crippen LogP contribution in [0.5, 0.6) is 5.75 Å². The summed E-state index contributed by atoms with van der Waals surface area (Å²) in [6.45, 7) is 1.22. The average molecular weight is 421 g/mol. The van der Waals surface area contributed by atoms with Crippen LogP contribution in [0, 0.1) is 0 Å². The van der Waals surface area contributed by atoms with Crippen LogP contribution < -0.4 is 5.32 Å². The van der Waals surface area contributed by atoms with Crippen LogP contribution in [0.2, 0.25) is 0 Å². The Balaban J connectivity index is 0.000000195. The summed E-state index contributed by atoms with van der Waals surface area (Å²) in [5.41, 5.74) is 0. The summed E-state index contributed by atoms with van der Waals surface area (Å²) in [6.07, 6.45) is 6.26. The summed E-state index contributed by atoms with van der Waals surface area (Å²) in [7, 11) is 0. The molecule has 0 aromatic heterocycles. The van der Waals surface area contributed by atoms with Gasteiger partial charge in [0, 0.05) is 0 Å². The Kier molecular flexibility index (Phi) is 6.45. The number of benzene rings is 2. The Labute approximate surface area is 153 Å². The maximum atomic E-state index is 11.6. The topological polar surface area (TPSA) is 116 Å². The van der Waals surface area contributed by atoms with E-state index in [4.69, 9.17) is 10.4 Å². The zero-order valence-electron chi connectivity index (χ0n) is 14.1. The molecule has 138 valence electrons. The predicted octanol–water partition coefficient (Wildman–Crippen LogP) is 2.31. The van der Waals surface area contributed by atoms with Gasteiger partial charge in [0.15, 0.2) is 0 Å². The third-order valence-electron chi connectivity index (χ3n) is 3.79. The first kappa shape index (κ1) is 20.0. The molecule has 1 aliphatic carbocycles. The monoisotopic (exact) mass is 421 g/mol. The molecule has 2 aromatic carbocycles. The van der Waals surface area contributed by atoms with Gasteiger partial charge in [0.05, 0.1) is 0 Å². The fourth-order valence-corrected chi connectivity index (χ4v) is 4.75. The maximum Gasteiger partial charge on any atom is 0.116 e. The number of hydrogen-bond donors (Lipinski definition) is 4. The Morgan fingerprint density at radius 2 is 1.88 bits per heavy atom. The second-order valence-corrected chi connectivity index (χ2v) is 9.93. The number of rotatable bonds is 3. The number of amides is 1. The van der Waals surface area contributed by atoms with Crippen molar-refractivity contribution in [1.29, 1.82) is 0 Å². The van der Waals surface area contributed by atoms with Crippen molar-refractivity contribution in [2.24, 2.45) is 0 Å². The van der Waals surface area contributed by atoms with E-state index in [0.717, 1.165) is 10.8 Å². The van der Waals surface area contributed by atoms with Crippen molar-refractivity contribution in [2.75, 3.05) is 0 Å². The quantitative estimate of drug-likeness (QED) is 0.344. The van der Waals surface area contributed by atoms with Crippen LogP contribution in [0.1, 0.15) is 13.3 Å². The fraction of sp³-hybridized carbons (Fsp3) is 0.167. The van der Waals surface area contributed by atoms with Crippen LogP contribution in [0.4, 0.5) is 0 Å². The number of carbonyl (C=O) groups is 1. The van der Waals surface area contributed by atoms with Crippen molar-refractivity contribution in [3.63, 3.8) is 0 Å². The third kappa shape index (κ3) is 4.65. The molecule has 2 unspecified atom stereocenters. The van der Waals surface area contributed by atoms with Gasteiger partial charge in [0.25, 0.3) is 0 Å². The van der Waals surface area contributed by atoms with Crippen molar-refractivity contribution < 1.29 is 26.9 Å². The van der Waals surface area contributed by atoms with E-state index >= 15 is 0 Å². The number of hydrogen-bond acceptors (Lipinski definition) is 5. The summed E-state index contributed by atoms with van der Waals surface area (Å²) in [4.78, 5) is 11.0. The maximum absolute atomic E-state index is 11.6. The Morgan fingerprint density at radius 3 is 2.46 bits per heavy atom. The zero-order chi connectivity index (χ0) is 19.2. The van der Waals surface area contributed by atoms with Crippen LogP contribution in [0.15, 0.2) is 66.8 Å². The Morgan fingerprint density at radius 1 is 1.19 bits per heavy atom. The van der Waals surface area contributed by atoms with Gasteiger partial charge >= 0.3 is 89.1 Å². The van der Waals surface area contributed by atoms with Gasteiger partial charge in [0.2, 0.25) is 0 Å². The van der Waals surface area contributed by atoms with Gasteiger partial charge in [-0.3, -0.25) is 0 Å². The minimum Gasteiger partial charge on any atom is -0.508 e. The van der Waals surface area contributed by atoms with Crippen molar-refractivity contribution in [1.82, 2.24) is 5.32 Å². The van der Waals surface area contributed by atoms with Gasteiger partial charge < -0.3 is 5.11 Å². The number of fused-ring (bicyclic) bond motifs is 1. The average Bonchev–Trinajstić information content (AvgIpc) is 2.62. The standard InChI is InChI=1S/C10H8O.C8H12AsNO5/c11-10-6-5-8-3-1-2-4-9(8)7-10;1-7(11)10-8(9(12,13)15-14)5-3-2-4-6-8/h1-7,11H;2-5,14H,6H2,1H3,(H,10,11)(H,12,13). The predicted molar refractivity (Wildman–Crippen MR) is 97.4 cm³/mol. The molecule has 0 heterocycles. The molecule has 0 spiro atoms. The van der Waals surface area contributed by atoms with Gasteiger partial charge in [-0.2, -0.15) is 0 Å². The fourth-order valence-electron chi connectivity index (χ4n) is 2.54. The molecule has 0 bridgehead atoms. The van der Waals surface area contributed by atoms with E-state index in [1.54, 1.807) is 24.3 Å². The molecule has 8 heteroatoms. The van der Waals surface area contributed by atoms with Gasteiger partial charge in [-0.05, 0) is 22.9 Å². The van der Waals surface area contributed by atoms with E-state index in [1.807, 2.05) is 30.3 Å². The minimum atomic E-state index is -5.02. The largest absolute Gasteiger partial charge is 0.508 e. The van der Waals surface area contributed by atoms with E-state index in [-0.39, 0.29) is 6.42 Å². The Bertz CT molecular complexity index is 894. The second-order valence-electron chi connectivity index (χ2n) is 5.73. The molecule has 0 saturated heterocycles. The molecule has 0 radical (unpaired) electrons. The van der Waals surface area contributed by atoms with Gasteiger partial charge in [0.1, 0.15) is 5.75 Å². The molecule has 0 fully saturated rings. The second kappa shape index (κ2) is 8.38. The Hall–Kier alpha value is -2.31. The number of phenols is 1. The first-order valence-corrected chi connectivity index (χ1v) is 11.1. The molecule has 7 nitrogen and oxygen atoms in total. The van der Waals surface area contributed by atoms with Crippen LogP contribution in [-0.4, -0.2) is 38.9 Å². The summed E-state index contributed by atoms with van der Waals surface area (Å²) < 4.78 is 23.3. The number of allylic oxidation sites excluding steroid dienone is 2. The molecular weight excluding hydrogens is 401 g/mol.